The van der Waals surface area contributed by atoms with Crippen LogP contribution in [0.15, 0.2) is 53.3 Å². The minimum Gasteiger partial charge on any atom is -0.399 e. The van der Waals surface area contributed by atoms with E-state index in [4.69, 9.17) is 16.2 Å². The predicted molar refractivity (Wildman–Crippen MR) is 94.3 cm³/mol. The summed E-state index contributed by atoms with van der Waals surface area (Å²) in [5.41, 5.74) is 14.4. The molecule has 3 rings (SSSR count). The Bertz CT molecular complexity index is 902. The molecule has 0 saturated carbocycles. The predicted octanol–water partition coefficient (Wildman–Crippen LogP) is 2.48. The monoisotopic (exact) mass is 309 g/mol. The van der Waals surface area contributed by atoms with Gasteiger partial charge in [-0.15, -0.1) is 0 Å². The number of anilines is 2. The Morgan fingerprint density at radius 2 is 1.78 bits per heavy atom. The van der Waals surface area contributed by atoms with E-state index in [0.29, 0.717) is 30.0 Å². The molecule has 0 spiro atoms. The Morgan fingerprint density at radius 3 is 2.48 bits per heavy atom. The van der Waals surface area contributed by atoms with Crippen molar-refractivity contribution in [1.29, 1.82) is 0 Å². The van der Waals surface area contributed by atoms with Crippen LogP contribution in [0.3, 0.4) is 0 Å². The van der Waals surface area contributed by atoms with E-state index >= 15 is 0 Å². The summed E-state index contributed by atoms with van der Waals surface area (Å²) >= 11 is 0. The zero-order chi connectivity index (χ0) is 16.4. The first-order valence-electron chi connectivity index (χ1n) is 7.39. The number of hydrogen-bond donors (Lipinski definition) is 2. The fourth-order valence-electron chi connectivity index (χ4n) is 2.80. The average molecular weight is 309 g/mol. The topological polar surface area (TPSA) is 83.3 Å². The number of hydrogen-bond acceptors (Lipinski definition) is 4. The molecule has 0 aliphatic rings. The van der Waals surface area contributed by atoms with E-state index in [0.717, 1.165) is 16.5 Å². The SMILES string of the molecule is COCCn1c(N)c(-c2ccccc2)c2ccc(N)cc2c1=O. The minimum atomic E-state index is -0.151. The summed E-state index contributed by atoms with van der Waals surface area (Å²) in [6.07, 6.45) is 0. The molecular formula is C18H19N3O2. The summed E-state index contributed by atoms with van der Waals surface area (Å²) in [6.45, 7) is 0.803. The molecule has 1 heterocycles. The lowest BCUT2D eigenvalue weighted by Gasteiger charge is -2.17. The van der Waals surface area contributed by atoms with Gasteiger partial charge in [-0.25, -0.2) is 0 Å². The highest BCUT2D eigenvalue weighted by Gasteiger charge is 2.16. The third-order valence-electron chi connectivity index (χ3n) is 3.92. The van der Waals surface area contributed by atoms with Crippen molar-refractivity contribution < 1.29 is 4.74 Å². The van der Waals surface area contributed by atoms with E-state index in [1.807, 2.05) is 36.4 Å². The fraction of sp³-hybridized carbons (Fsp3) is 0.167. The maximum absolute atomic E-state index is 12.8. The van der Waals surface area contributed by atoms with Crippen LogP contribution in [-0.4, -0.2) is 18.3 Å². The van der Waals surface area contributed by atoms with Crippen LogP contribution in [0.25, 0.3) is 21.9 Å². The molecule has 118 valence electrons. The molecule has 0 fully saturated rings. The lowest BCUT2D eigenvalue weighted by atomic mass is 9.99. The summed E-state index contributed by atoms with van der Waals surface area (Å²) < 4.78 is 6.65. The van der Waals surface area contributed by atoms with E-state index in [2.05, 4.69) is 0 Å². The van der Waals surface area contributed by atoms with E-state index in [-0.39, 0.29) is 5.56 Å². The Hall–Kier alpha value is -2.79. The highest BCUT2D eigenvalue weighted by molar-refractivity contribution is 6.01. The zero-order valence-corrected chi connectivity index (χ0v) is 13.0. The molecule has 0 saturated heterocycles. The first kappa shape index (κ1) is 15.1. The van der Waals surface area contributed by atoms with Crippen molar-refractivity contribution in [2.75, 3.05) is 25.2 Å². The van der Waals surface area contributed by atoms with Crippen LogP contribution in [0.4, 0.5) is 11.5 Å². The molecule has 0 aliphatic heterocycles. The highest BCUT2D eigenvalue weighted by Crippen LogP contribution is 2.32. The van der Waals surface area contributed by atoms with Gasteiger partial charge in [-0.05, 0) is 23.1 Å². The van der Waals surface area contributed by atoms with Gasteiger partial charge in [-0.3, -0.25) is 9.36 Å². The van der Waals surface area contributed by atoms with Gasteiger partial charge in [0.1, 0.15) is 5.82 Å². The normalized spacial score (nSPS) is 11.0. The van der Waals surface area contributed by atoms with Crippen molar-refractivity contribution in [3.63, 3.8) is 0 Å². The molecule has 5 nitrogen and oxygen atoms in total. The molecule has 2 aromatic carbocycles. The summed E-state index contributed by atoms with van der Waals surface area (Å²) in [7, 11) is 1.60. The third-order valence-corrected chi connectivity index (χ3v) is 3.92. The second-order valence-corrected chi connectivity index (χ2v) is 5.38. The largest absolute Gasteiger partial charge is 0.399 e. The quantitative estimate of drug-likeness (QED) is 0.725. The van der Waals surface area contributed by atoms with E-state index in [1.165, 1.54) is 0 Å². The van der Waals surface area contributed by atoms with Crippen molar-refractivity contribution in [2.45, 2.75) is 6.54 Å². The molecule has 5 heteroatoms. The number of ether oxygens (including phenoxy) is 1. The Kier molecular flexibility index (Phi) is 4.04. The van der Waals surface area contributed by atoms with Crippen molar-refractivity contribution in [3.8, 4) is 11.1 Å². The van der Waals surface area contributed by atoms with Gasteiger partial charge >= 0.3 is 0 Å². The van der Waals surface area contributed by atoms with Gasteiger partial charge in [0, 0.05) is 23.7 Å². The number of pyridine rings is 1. The van der Waals surface area contributed by atoms with E-state index in [9.17, 15) is 4.79 Å². The number of fused-ring (bicyclic) bond motifs is 1. The van der Waals surface area contributed by atoms with Crippen molar-refractivity contribution >= 4 is 22.3 Å². The van der Waals surface area contributed by atoms with Crippen molar-refractivity contribution in [2.24, 2.45) is 0 Å². The highest BCUT2D eigenvalue weighted by atomic mass is 16.5. The number of nitrogens with two attached hydrogens (primary N) is 2. The summed E-state index contributed by atoms with van der Waals surface area (Å²) in [5.74, 6) is 0.440. The first-order valence-corrected chi connectivity index (χ1v) is 7.39. The van der Waals surface area contributed by atoms with E-state index < -0.39 is 0 Å². The molecule has 0 bridgehead atoms. The molecule has 23 heavy (non-hydrogen) atoms. The Balaban J connectivity index is 2.39. The van der Waals surface area contributed by atoms with Gasteiger partial charge in [0.2, 0.25) is 0 Å². The standard InChI is InChI=1S/C18H19N3O2/c1-23-10-9-21-17(20)16(12-5-3-2-4-6-12)14-8-7-13(19)11-15(14)18(21)22/h2-8,11H,9-10,19-20H2,1H3. The van der Waals surface area contributed by atoms with Gasteiger partial charge in [0.15, 0.2) is 0 Å². The maximum Gasteiger partial charge on any atom is 0.260 e. The number of benzene rings is 2. The average Bonchev–Trinajstić information content (AvgIpc) is 2.56. The molecule has 0 atom stereocenters. The number of rotatable bonds is 4. The first-order chi connectivity index (χ1) is 11.1. The van der Waals surface area contributed by atoms with Crippen LogP contribution >= 0.6 is 0 Å². The second kappa shape index (κ2) is 6.14. The summed E-state index contributed by atoms with van der Waals surface area (Å²) in [6, 6.07) is 15.1. The third kappa shape index (κ3) is 2.66. The second-order valence-electron chi connectivity index (χ2n) is 5.38. The number of nitrogens with zero attached hydrogens (tertiary/aromatic N) is 1. The van der Waals surface area contributed by atoms with E-state index in [1.54, 1.807) is 23.8 Å². The molecular weight excluding hydrogens is 290 g/mol. The lowest BCUT2D eigenvalue weighted by molar-refractivity contribution is 0.187. The number of nitrogen functional groups attached to an aromatic ring is 2. The van der Waals surface area contributed by atoms with Gasteiger partial charge < -0.3 is 16.2 Å². The van der Waals surface area contributed by atoms with Crippen LogP contribution in [0.2, 0.25) is 0 Å². The van der Waals surface area contributed by atoms with Gasteiger partial charge in [0.05, 0.1) is 13.2 Å². The molecule has 0 unspecified atom stereocenters. The summed E-state index contributed by atoms with van der Waals surface area (Å²) in [4.78, 5) is 12.8. The number of methoxy groups -OCH3 is 1. The van der Waals surface area contributed by atoms with Gasteiger partial charge in [0.25, 0.3) is 5.56 Å². The van der Waals surface area contributed by atoms with Crippen LogP contribution in [0.5, 0.6) is 0 Å². The molecule has 0 aliphatic carbocycles. The molecule has 0 amide bonds. The minimum absolute atomic E-state index is 0.151. The molecule has 3 aromatic rings. The number of aromatic nitrogens is 1. The summed E-state index contributed by atoms with van der Waals surface area (Å²) in [5, 5.41) is 1.37. The van der Waals surface area contributed by atoms with Gasteiger partial charge in [-0.2, -0.15) is 0 Å². The van der Waals surface area contributed by atoms with Crippen LogP contribution in [0.1, 0.15) is 0 Å². The van der Waals surface area contributed by atoms with Gasteiger partial charge in [-0.1, -0.05) is 36.4 Å². The molecule has 1 aromatic heterocycles. The Labute approximate surface area is 134 Å². The molecule has 4 N–H and O–H groups in total. The van der Waals surface area contributed by atoms with Crippen LogP contribution < -0.4 is 17.0 Å². The van der Waals surface area contributed by atoms with Crippen molar-refractivity contribution in [1.82, 2.24) is 4.57 Å². The maximum atomic E-state index is 12.8. The van der Waals surface area contributed by atoms with Crippen LogP contribution in [0, 0.1) is 0 Å². The zero-order valence-electron chi connectivity index (χ0n) is 13.0. The van der Waals surface area contributed by atoms with Crippen LogP contribution in [-0.2, 0) is 11.3 Å². The molecule has 0 radical (unpaired) electrons. The smallest absolute Gasteiger partial charge is 0.260 e. The lowest BCUT2D eigenvalue weighted by Crippen LogP contribution is -2.26. The Morgan fingerprint density at radius 1 is 1.04 bits per heavy atom. The fourth-order valence-corrected chi connectivity index (χ4v) is 2.80. The van der Waals surface area contributed by atoms with Crippen molar-refractivity contribution in [3.05, 3.63) is 58.9 Å².